The van der Waals surface area contributed by atoms with Crippen LogP contribution in [0.1, 0.15) is 38.7 Å². The van der Waals surface area contributed by atoms with Gasteiger partial charge >= 0.3 is 0 Å². The number of aryl methyl sites for hydroxylation is 2. The molecule has 26 heavy (non-hydrogen) atoms. The molecule has 3 aromatic rings. The number of carbonyl (C=O) groups is 1. The molecule has 1 amide bonds. The minimum Gasteiger partial charge on any atom is -0.341 e. The van der Waals surface area contributed by atoms with Gasteiger partial charge in [-0.05, 0) is 48.7 Å². The Bertz CT molecular complexity index is 940. The van der Waals surface area contributed by atoms with E-state index in [-0.39, 0.29) is 16.6 Å². The van der Waals surface area contributed by atoms with Gasteiger partial charge in [0.2, 0.25) is 0 Å². The van der Waals surface area contributed by atoms with Crippen LogP contribution in [0.4, 0.5) is 4.39 Å². The van der Waals surface area contributed by atoms with E-state index in [1.54, 1.807) is 0 Å². The quantitative estimate of drug-likeness (QED) is 0.637. The number of nitrogens with one attached hydrogen (secondary N) is 1. The van der Waals surface area contributed by atoms with Gasteiger partial charge in [0.1, 0.15) is 5.82 Å². The maximum atomic E-state index is 14.1. The fourth-order valence-corrected chi connectivity index (χ4v) is 3.18. The topological polar surface area (TPSA) is 29.1 Å². The van der Waals surface area contributed by atoms with Crippen LogP contribution in [0.5, 0.6) is 0 Å². The Kier molecular flexibility index (Phi) is 5.38. The first-order valence-electron chi connectivity index (χ1n) is 8.33. The molecule has 3 aromatic carbocycles. The van der Waals surface area contributed by atoms with Gasteiger partial charge in [0.05, 0.1) is 11.6 Å². The van der Waals surface area contributed by atoms with Crippen LogP contribution in [0.25, 0.3) is 0 Å². The third kappa shape index (κ3) is 3.94. The third-order valence-corrected chi connectivity index (χ3v) is 4.56. The molecule has 0 saturated heterocycles. The first-order chi connectivity index (χ1) is 12.5. The van der Waals surface area contributed by atoms with Gasteiger partial charge in [0.15, 0.2) is 0 Å². The molecule has 1 atom stereocenters. The molecule has 3 rings (SSSR count). The maximum absolute atomic E-state index is 14.1. The van der Waals surface area contributed by atoms with Crippen molar-refractivity contribution in [3.8, 4) is 0 Å². The molecule has 0 heterocycles. The molecule has 0 aliphatic heterocycles. The van der Waals surface area contributed by atoms with Gasteiger partial charge in [-0.3, -0.25) is 4.79 Å². The Morgan fingerprint density at radius 2 is 1.73 bits per heavy atom. The average molecular weight is 368 g/mol. The van der Waals surface area contributed by atoms with Crippen molar-refractivity contribution in [2.45, 2.75) is 19.9 Å². The van der Waals surface area contributed by atoms with Gasteiger partial charge in [-0.15, -0.1) is 0 Å². The Morgan fingerprint density at radius 1 is 1.00 bits per heavy atom. The van der Waals surface area contributed by atoms with Gasteiger partial charge in [-0.1, -0.05) is 65.7 Å². The SMILES string of the molecule is Cc1ccc([C@@H](NC(=O)c2ccc(Cl)cc2F)c2ccccc2)c(C)c1. The van der Waals surface area contributed by atoms with Crippen LogP contribution in [0, 0.1) is 19.7 Å². The summed E-state index contributed by atoms with van der Waals surface area (Å²) >= 11 is 5.78. The predicted molar refractivity (Wildman–Crippen MR) is 103 cm³/mol. The zero-order valence-electron chi connectivity index (χ0n) is 14.6. The fraction of sp³-hybridized carbons (Fsp3) is 0.136. The fourth-order valence-electron chi connectivity index (χ4n) is 3.02. The van der Waals surface area contributed by atoms with E-state index in [9.17, 15) is 9.18 Å². The lowest BCUT2D eigenvalue weighted by Crippen LogP contribution is -2.30. The summed E-state index contributed by atoms with van der Waals surface area (Å²) in [6, 6.07) is 19.4. The summed E-state index contributed by atoms with van der Waals surface area (Å²) in [6.07, 6.45) is 0. The molecule has 0 aromatic heterocycles. The first kappa shape index (κ1) is 18.2. The Hall–Kier alpha value is -2.65. The van der Waals surface area contributed by atoms with E-state index in [1.807, 2.05) is 56.3 Å². The van der Waals surface area contributed by atoms with Crippen molar-refractivity contribution in [3.63, 3.8) is 0 Å². The van der Waals surface area contributed by atoms with Crippen LogP contribution in [0.15, 0.2) is 66.7 Å². The van der Waals surface area contributed by atoms with Crippen molar-refractivity contribution in [2.75, 3.05) is 0 Å². The lowest BCUT2D eigenvalue weighted by Gasteiger charge is -2.22. The van der Waals surface area contributed by atoms with Crippen LogP contribution in [-0.2, 0) is 0 Å². The summed E-state index contributed by atoms with van der Waals surface area (Å²) in [5, 5.41) is 3.22. The average Bonchev–Trinajstić information content (AvgIpc) is 2.61. The van der Waals surface area contributed by atoms with E-state index >= 15 is 0 Å². The lowest BCUT2D eigenvalue weighted by molar-refractivity contribution is 0.0939. The van der Waals surface area contributed by atoms with Crippen molar-refractivity contribution in [1.29, 1.82) is 0 Å². The van der Waals surface area contributed by atoms with Crippen molar-refractivity contribution < 1.29 is 9.18 Å². The summed E-state index contributed by atoms with van der Waals surface area (Å²) in [6.45, 7) is 4.03. The summed E-state index contributed by atoms with van der Waals surface area (Å²) in [5.41, 5.74) is 4.09. The molecule has 132 valence electrons. The van der Waals surface area contributed by atoms with Gasteiger partial charge in [0.25, 0.3) is 5.91 Å². The Morgan fingerprint density at radius 3 is 2.38 bits per heavy atom. The molecule has 4 heteroatoms. The largest absolute Gasteiger partial charge is 0.341 e. The van der Waals surface area contributed by atoms with E-state index in [1.165, 1.54) is 12.1 Å². The number of hydrogen-bond donors (Lipinski definition) is 1. The van der Waals surface area contributed by atoms with E-state index in [0.717, 1.165) is 28.3 Å². The lowest BCUT2D eigenvalue weighted by atomic mass is 9.93. The van der Waals surface area contributed by atoms with Crippen LogP contribution < -0.4 is 5.32 Å². The predicted octanol–water partition coefficient (Wildman–Crippen LogP) is 5.62. The zero-order chi connectivity index (χ0) is 18.7. The minimum absolute atomic E-state index is 0.0277. The summed E-state index contributed by atoms with van der Waals surface area (Å²) in [4.78, 5) is 12.7. The van der Waals surface area contributed by atoms with Crippen LogP contribution in [-0.4, -0.2) is 5.91 Å². The van der Waals surface area contributed by atoms with Crippen molar-refractivity contribution in [1.82, 2.24) is 5.32 Å². The summed E-state index contributed by atoms with van der Waals surface area (Å²) in [7, 11) is 0. The van der Waals surface area contributed by atoms with Crippen LogP contribution >= 0.6 is 11.6 Å². The highest BCUT2D eigenvalue weighted by Gasteiger charge is 2.21. The maximum Gasteiger partial charge on any atom is 0.255 e. The first-order valence-corrected chi connectivity index (χ1v) is 8.71. The van der Waals surface area contributed by atoms with E-state index in [4.69, 9.17) is 11.6 Å². The van der Waals surface area contributed by atoms with Crippen LogP contribution in [0.2, 0.25) is 5.02 Å². The number of hydrogen-bond acceptors (Lipinski definition) is 1. The van der Waals surface area contributed by atoms with E-state index in [2.05, 4.69) is 11.4 Å². The number of benzene rings is 3. The molecule has 0 bridgehead atoms. The number of halogens is 2. The molecule has 0 saturated carbocycles. The van der Waals surface area contributed by atoms with E-state index < -0.39 is 11.7 Å². The van der Waals surface area contributed by atoms with Gasteiger partial charge < -0.3 is 5.32 Å². The van der Waals surface area contributed by atoms with Crippen molar-refractivity contribution in [2.24, 2.45) is 0 Å². The van der Waals surface area contributed by atoms with E-state index in [0.29, 0.717) is 0 Å². The molecule has 0 aliphatic rings. The molecule has 0 spiro atoms. The monoisotopic (exact) mass is 367 g/mol. The molecule has 1 N–H and O–H groups in total. The highest BCUT2D eigenvalue weighted by atomic mass is 35.5. The van der Waals surface area contributed by atoms with Crippen LogP contribution in [0.3, 0.4) is 0 Å². The van der Waals surface area contributed by atoms with Gasteiger partial charge in [-0.2, -0.15) is 0 Å². The second-order valence-corrected chi connectivity index (χ2v) is 6.74. The van der Waals surface area contributed by atoms with Gasteiger partial charge in [-0.25, -0.2) is 4.39 Å². The second-order valence-electron chi connectivity index (χ2n) is 6.30. The summed E-state index contributed by atoms with van der Waals surface area (Å²) < 4.78 is 14.1. The number of rotatable bonds is 4. The second kappa shape index (κ2) is 7.71. The number of amides is 1. The third-order valence-electron chi connectivity index (χ3n) is 4.32. The normalized spacial score (nSPS) is 11.8. The minimum atomic E-state index is -0.637. The molecular weight excluding hydrogens is 349 g/mol. The highest BCUT2D eigenvalue weighted by molar-refractivity contribution is 6.30. The highest BCUT2D eigenvalue weighted by Crippen LogP contribution is 2.26. The number of carbonyl (C=O) groups excluding carboxylic acids is 1. The van der Waals surface area contributed by atoms with Gasteiger partial charge in [0, 0.05) is 5.02 Å². The molecule has 0 fully saturated rings. The smallest absolute Gasteiger partial charge is 0.255 e. The Labute approximate surface area is 157 Å². The standard InChI is InChI=1S/C22H19ClFNO/c1-14-8-10-18(15(2)12-14)21(16-6-4-3-5-7-16)25-22(26)19-11-9-17(23)13-20(19)24/h3-13,21H,1-2H3,(H,25,26)/t21-/m0/s1. The van der Waals surface area contributed by atoms with Crippen molar-refractivity contribution >= 4 is 17.5 Å². The molecule has 0 radical (unpaired) electrons. The Balaban J connectivity index is 2.00. The summed E-state index contributed by atoms with van der Waals surface area (Å²) in [5.74, 6) is -1.12. The van der Waals surface area contributed by atoms with Crippen molar-refractivity contribution in [3.05, 3.63) is 105 Å². The molecule has 2 nitrogen and oxygen atoms in total. The molecule has 0 aliphatic carbocycles. The zero-order valence-corrected chi connectivity index (χ0v) is 15.3. The molecule has 0 unspecified atom stereocenters. The molecular formula is C22H19ClFNO.